The van der Waals surface area contributed by atoms with Crippen molar-refractivity contribution in [1.29, 1.82) is 0 Å². The molecule has 2 N–H and O–H groups in total. The first-order valence-electron chi connectivity index (χ1n) is 9.09. The number of carboxylic acid groups (broad SMARTS) is 1. The molecule has 1 atom stereocenters. The summed E-state index contributed by atoms with van der Waals surface area (Å²) in [5, 5.41) is 17.7. The normalized spacial score (nSPS) is 11.9. The van der Waals surface area contributed by atoms with Crippen LogP contribution in [0.25, 0.3) is 0 Å². The van der Waals surface area contributed by atoms with Gasteiger partial charge in [0.05, 0.1) is 0 Å². The predicted octanol–water partition coefficient (Wildman–Crippen LogP) is 5.30. The van der Waals surface area contributed by atoms with Crippen LogP contribution in [-0.4, -0.2) is 22.3 Å². The van der Waals surface area contributed by atoms with Gasteiger partial charge in [-0.25, -0.2) is 4.79 Å². The Hall–Kier alpha value is 0.0534. The van der Waals surface area contributed by atoms with E-state index in [1.807, 2.05) is 0 Å². The smallest absolute Gasteiger partial charge is 0.332 e. The van der Waals surface area contributed by atoms with Crippen LogP contribution < -0.4 is 0 Å². The summed E-state index contributed by atoms with van der Waals surface area (Å²) in [4.78, 5) is 10.4. The van der Waals surface area contributed by atoms with Crippen molar-refractivity contribution >= 4 is 5.97 Å². The van der Waals surface area contributed by atoms with Crippen LogP contribution in [0.1, 0.15) is 103 Å². The number of carboxylic acids is 1. The van der Waals surface area contributed by atoms with Gasteiger partial charge in [0.1, 0.15) is 0 Å². The molecule has 0 amide bonds. The van der Waals surface area contributed by atoms with Crippen molar-refractivity contribution in [2.75, 3.05) is 0 Å². The molecule has 0 aromatic rings. The van der Waals surface area contributed by atoms with E-state index in [1.54, 1.807) is 0 Å². The minimum atomic E-state index is -1.16. The first-order chi connectivity index (χ1) is 10.2. The summed E-state index contributed by atoms with van der Waals surface area (Å²) in [6.07, 6.45) is 17.3. The monoisotopic (exact) mass is 364 g/mol. The summed E-state index contributed by atoms with van der Waals surface area (Å²) in [5.41, 5.74) is 0. The Morgan fingerprint density at radius 2 is 1.05 bits per heavy atom. The fourth-order valence-electron chi connectivity index (χ4n) is 2.66. The number of hydrogen-bond acceptors (Lipinski definition) is 2. The standard InChI is InChI=1S/C18H36O3.Zn/c1-2-3-4-5-6-7-8-9-10-11-12-13-14-15-16-17(19)18(20)21;/h17,19H,2-16H2,1H3,(H,20,21);. The molecule has 0 aromatic heterocycles. The van der Waals surface area contributed by atoms with Gasteiger partial charge in [-0.3, -0.25) is 0 Å². The number of aliphatic hydroxyl groups excluding tert-OH is 1. The Morgan fingerprint density at radius 3 is 1.36 bits per heavy atom. The maximum Gasteiger partial charge on any atom is 0.332 e. The molecule has 0 fully saturated rings. The third-order valence-electron chi connectivity index (χ3n) is 4.12. The summed E-state index contributed by atoms with van der Waals surface area (Å²) < 4.78 is 0. The van der Waals surface area contributed by atoms with E-state index in [1.165, 1.54) is 77.0 Å². The molecule has 0 saturated carbocycles. The zero-order chi connectivity index (χ0) is 15.8. The first-order valence-corrected chi connectivity index (χ1v) is 9.09. The molecule has 0 aromatic carbocycles. The number of carbonyl (C=O) groups is 1. The molecule has 4 heteroatoms. The summed E-state index contributed by atoms with van der Waals surface area (Å²) in [5.74, 6) is -1.09. The van der Waals surface area contributed by atoms with E-state index in [-0.39, 0.29) is 19.5 Å². The second-order valence-electron chi connectivity index (χ2n) is 6.24. The van der Waals surface area contributed by atoms with Gasteiger partial charge in [-0.1, -0.05) is 96.8 Å². The second kappa shape index (κ2) is 19.1. The van der Waals surface area contributed by atoms with Crippen LogP contribution in [0.4, 0.5) is 0 Å². The molecule has 0 aliphatic rings. The van der Waals surface area contributed by atoms with Crippen molar-refractivity contribution < 1.29 is 34.5 Å². The third kappa shape index (κ3) is 18.1. The van der Waals surface area contributed by atoms with Crippen LogP contribution in [-0.2, 0) is 24.3 Å². The summed E-state index contributed by atoms with van der Waals surface area (Å²) >= 11 is 0. The van der Waals surface area contributed by atoms with E-state index in [0.29, 0.717) is 6.42 Å². The number of hydrogen-bond donors (Lipinski definition) is 2. The zero-order valence-corrected chi connectivity index (χ0v) is 17.7. The Kier molecular flexibility index (Phi) is 21.1. The van der Waals surface area contributed by atoms with E-state index in [2.05, 4.69) is 6.92 Å². The number of aliphatic carboxylic acids is 1. The van der Waals surface area contributed by atoms with Crippen LogP contribution in [0.3, 0.4) is 0 Å². The summed E-state index contributed by atoms with van der Waals surface area (Å²) in [6, 6.07) is 0. The predicted molar refractivity (Wildman–Crippen MR) is 88.6 cm³/mol. The van der Waals surface area contributed by atoms with Gasteiger partial charge in [0, 0.05) is 19.5 Å². The quantitative estimate of drug-likeness (QED) is 0.288. The number of unbranched alkanes of at least 4 members (excludes halogenated alkanes) is 13. The fraction of sp³-hybridized carbons (Fsp3) is 0.944. The maximum absolute atomic E-state index is 10.4. The topological polar surface area (TPSA) is 57.5 Å². The summed E-state index contributed by atoms with van der Waals surface area (Å²) in [6.45, 7) is 2.26. The molecular weight excluding hydrogens is 330 g/mol. The molecule has 128 valence electrons. The van der Waals surface area contributed by atoms with E-state index in [9.17, 15) is 4.79 Å². The van der Waals surface area contributed by atoms with Gasteiger partial charge in [-0.15, -0.1) is 0 Å². The van der Waals surface area contributed by atoms with Crippen LogP contribution in [0.2, 0.25) is 0 Å². The van der Waals surface area contributed by atoms with Crippen molar-refractivity contribution in [3.63, 3.8) is 0 Å². The van der Waals surface area contributed by atoms with Gasteiger partial charge >= 0.3 is 5.97 Å². The van der Waals surface area contributed by atoms with E-state index >= 15 is 0 Å². The Morgan fingerprint density at radius 1 is 0.727 bits per heavy atom. The molecule has 3 nitrogen and oxygen atoms in total. The van der Waals surface area contributed by atoms with Gasteiger partial charge in [0.25, 0.3) is 0 Å². The van der Waals surface area contributed by atoms with Gasteiger partial charge in [0.2, 0.25) is 0 Å². The molecule has 0 aliphatic heterocycles. The Bertz CT molecular complexity index is 234. The number of aliphatic hydroxyl groups is 1. The molecule has 0 aliphatic carbocycles. The Labute approximate surface area is 150 Å². The molecule has 0 rings (SSSR count). The zero-order valence-electron chi connectivity index (χ0n) is 14.7. The summed E-state index contributed by atoms with van der Waals surface area (Å²) in [7, 11) is 0. The van der Waals surface area contributed by atoms with Gasteiger partial charge in [-0.05, 0) is 6.42 Å². The fourth-order valence-corrected chi connectivity index (χ4v) is 2.66. The molecule has 0 spiro atoms. The van der Waals surface area contributed by atoms with E-state index < -0.39 is 12.1 Å². The van der Waals surface area contributed by atoms with Crippen molar-refractivity contribution in [1.82, 2.24) is 0 Å². The van der Waals surface area contributed by atoms with Gasteiger partial charge < -0.3 is 10.2 Å². The minimum Gasteiger partial charge on any atom is -0.479 e. The van der Waals surface area contributed by atoms with E-state index in [4.69, 9.17) is 10.2 Å². The van der Waals surface area contributed by atoms with Gasteiger partial charge in [-0.2, -0.15) is 0 Å². The van der Waals surface area contributed by atoms with Crippen LogP contribution >= 0.6 is 0 Å². The second-order valence-corrected chi connectivity index (χ2v) is 6.24. The minimum absolute atomic E-state index is 0. The van der Waals surface area contributed by atoms with Crippen LogP contribution in [0.5, 0.6) is 0 Å². The molecule has 0 bridgehead atoms. The molecule has 0 saturated heterocycles. The average molecular weight is 366 g/mol. The van der Waals surface area contributed by atoms with Crippen LogP contribution in [0, 0.1) is 0 Å². The van der Waals surface area contributed by atoms with Crippen molar-refractivity contribution in [2.24, 2.45) is 0 Å². The first kappa shape index (κ1) is 24.3. The SMILES string of the molecule is CCCCCCCCCCCCCCCCC(O)C(=O)O.[Zn]. The molecule has 0 radical (unpaired) electrons. The largest absolute Gasteiger partial charge is 0.479 e. The molecule has 0 heterocycles. The maximum atomic E-state index is 10.4. The average Bonchev–Trinajstić information content (AvgIpc) is 2.47. The van der Waals surface area contributed by atoms with Crippen molar-refractivity contribution in [3.05, 3.63) is 0 Å². The molecule has 1 unspecified atom stereocenters. The molecular formula is C18H36O3Zn. The van der Waals surface area contributed by atoms with Crippen molar-refractivity contribution in [3.8, 4) is 0 Å². The Balaban J connectivity index is 0. The van der Waals surface area contributed by atoms with Gasteiger partial charge in [0.15, 0.2) is 6.10 Å². The number of rotatable bonds is 16. The molecule has 22 heavy (non-hydrogen) atoms. The van der Waals surface area contributed by atoms with Crippen LogP contribution in [0.15, 0.2) is 0 Å². The third-order valence-corrected chi connectivity index (χ3v) is 4.12. The van der Waals surface area contributed by atoms with E-state index in [0.717, 1.165) is 12.8 Å². The van der Waals surface area contributed by atoms with Crippen molar-refractivity contribution in [2.45, 2.75) is 109 Å².